The standard InChI is InChI=1S/C21H24N4O4/c1-13-22-12-18(28-13)20-19(23-24-25(20)2)14-7-9-16(10-8-14)29-17-6-4-5-15(11-17)21(26)27-3/h7-10,12,15,17H,4-6,11H2,1-3H3/t15-,17-/m0/s1. The van der Waals surface area contributed by atoms with Crippen molar-refractivity contribution in [2.45, 2.75) is 38.7 Å². The van der Waals surface area contributed by atoms with Crippen molar-refractivity contribution in [2.24, 2.45) is 13.0 Å². The smallest absolute Gasteiger partial charge is 0.308 e. The van der Waals surface area contributed by atoms with Gasteiger partial charge in [-0.1, -0.05) is 5.21 Å². The highest BCUT2D eigenvalue weighted by atomic mass is 16.5. The second kappa shape index (κ2) is 8.06. The summed E-state index contributed by atoms with van der Waals surface area (Å²) in [6.45, 7) is 1.80. The molecule has 1 saturated carbocycles. The minimum absolute atomic E-state index is 0.0166. The molecule has 2 atom stereocenters. The van der Waals surface area contributed by atoms with Gasteiger partial charge in [-0.05, 0) is 49.9 Å². The fraction of sp³-hybridized carbons (Fsp3) is 0.429. The molecule has 0 spiro atoms. The number of methoxy groups -OCH3 is 1. The van der Waals surface area contributed by atoms with Gasteiger partial charge in [0.2, 0.25) is 0 Å². The minimum atomic E-state index is -0.147. The fourth-order valence-electron chi connectivity index (χ4n) is 3.82. The van der Waals surface area contributed by atoms with Crippen LogP contribution in [0.1, 0.15) is 31.6 Å². The number of esters is 1. The molecule has 29 heavy (non-hydrogen) atoms. The van der Waals surface area contributed by atoms with E-state index in [0.29, 0.717) is 18.1 Å². The second-order valence-corrected chi connectivity index (χ2v) is 7.30. The van der Waals surface area contributed by atoms with E-state index in [1.54, 1.807) is 17.8 Å². The molecule has 0 amide bonds. The molecule has 3 aromatic rings. The van der Waals surface area contributed by atoms with Gasteiger partial charge in [0.05, 0.1) is 25.3 Å². The number of aromatic nitrogens is 4. The van der Waals surface area contributed by atoms with Gasteiger partial charge >= 0.3 is 5.97 Å². The van der Waals surface area contributed by atoms with Crippen LogP contribution in [0.25, 0.3) is 22.7 Å². The first-order valence-electron chi connectivity index (χ1n) is 9.72. The SMILES string of the molecule is COC(=O)[C@H]1CCC[C@H](Oc2ccc(-c3nnn(C)c3-c3cnc(C)o3)cc2)C1. The van der Waals surface area contributed by atoms with Gasteiger partial charge in [0.25, 0.3) is 0 Å². The molecule has 1 aliphatic carbocycles. The second-order valence-electron chi connectivity index (χ2n) is 7.30. The number of aryl methyl sites for hydroxylation is 2. The molecular weight excluding hydrogens is 372 g/mol. The maximum Gasteiger partial charge on any atom is 0.308 e. The van der Waals surface area contributed by atoms with Crippen molar-refractivity contribution < 1.29 is 18.7 Å². The molecule has 2 aromatic heterocycles. The van der Waals surface area contributed by atoms with Crippen LogP contribution in [-0.4, -0.2) is 39.2 Å². The molecule has 0 N–H and O–H groups in total. The summed E-state index contributed by atoms with van der Waals surface area (Å²) in [6, 6.07) is 7.74. The summed E-state index contributed by atoms with van der Waals surface area (Å²) in [5.41, 5.74) is 2.40. The Morgan fingerprint density at radius 2 is 2.03 bits per heavy atom. The number of ether oxygens (including phenoxy) is 2. The van der Waals surface area contributed by atoms with Gasteiger partial charge in [0, 0.05) is 19.5 Å². The molecule has 8 nitrogen and oxygen atoms in total. The number of hydrogen-bond acceptors (Lipinski definition) is 7. The van der Waals surface area contributed by atoms with Gasteiger partial charge in [-0.3, -0.25) is 4.79 Å². The Kier molecular flexibility index (Phi) is 5.33. The lowest BCUT2D eigenvalue weighted by molar-refractivity contribution is -0.147. The highest BCUT2D eigenvalue weighted by Crippen LogP contribution is 2.32. The molecule has 0 radical (unpaired) electrons. The zero-order valence-corrected chi connectivity index (χ0v) is 16.8. The maximum absolute atomic E-state index is 11.8. The molecule has 2 heterocycles. The first kappa shape index (κ1) is 19.2. The Balaban J connectivity index is 1.50. The van der Waals surface area contributed by atoms with Crippen LogP contribution in [0, 0.1) is 12.8 Å². The first-order valence-corrected chi connectivity index (χ1v) is 9.72. The van der Waals surface area contributed by atoms with E-state index in [4.69, 9.17) is 13.9 Å². The summed E-state index contributed by atoms with van der Waals surface area (Å²) in [5.74, 6) is 1.76. The van der Waals surface area contributed by atoms with Crippen LogP contribution >= 0.6 is 0 Å². The van der Waals surface area contributed by atoms with Crippen LogP contribution in [0.2, 0.25) is 0 Å². The molecule has 8 heteroatoms. The lowest BCUT2D eigenvalue weighted by atomic mass is 9.87. The fourth-order valence-corrected chi connectivity index (χ4v) is 3.82. The van der Waals surface area contributed by atoms with E-state index < -0.39 is 0 Å². The first-order chi connectivity index (χ1) is 14.0. The van der Waals surface area contributed by atoms with Gasteiger partial charge in [0.1, 0.15) is 17.1 Å². The lowest BCUT2D eigenvalue weighted by Gasteiger charge is -2.28. The number of rotatable bonds is 5. The molecule has 0 saturated heterocycles. The summed E-state index contributed by atoms with van der Waals surface area (Å²) >= 11 is 0. The van der Waals surface area contributed by atoms with Crippen LogP contribution in [0.5, 0.6) is 5.75 Å². The Morgan fingerprint density at radius 1 is 1.24 bits per heavy atom. The van der Waals surface area contributed by atoms with Crippen molar-refractivity contribution in [1.82, 2.24) is 20.0 Å². The van der Waals surface area contributed by atoms with E-state index in [1.807, 2.05) is 31.3 Å². The molecule has 0 aliphatic heterocycles. The van der Waals surface area contributed by atoms with E-state index >= 15 is 0 Å². The maximum atomic E-state index is 11.8. The summed E-state index contributed by atoms with van der Waals surface area (Å²) in [6.07, 6.45) is 5.14. The summed E-state index contributed by atoms with van der Waals surface area (Å²) in [5, 5.41) is 8.42. The average molecular weight is 396 g/mol. The van der Waals surface area contributed by atoms with Crippen LogP contribution < -0.4 is 4.74 Å². The summed E-state index contributed by atoms with van der Waals surface area (Å²) < 4.78 is 18.3. The van der Waals surface area contributed by atoms with Crippen molar-refractivity contribution >= 4 is 5.97 Å². The molecule has 1 fully saturated rings. The molecule has 1 aromatic carbocycles. The number of carbonyl (C=O) groups excluding carboxylic acids is 1. The largest absolute Gasteiger partial charge is 0.490 e. The third-order valence-electron chi connectivity index (χ3n) is 5.27. The Hall–Kier alpha value is -3.16. The quantitative estimate of drug-likeness (QED) is 0.609. The lowest BCUT2D eigenvalue weighted by Crippen LogP contribution is -2.30. The number of oxazole rings is 1. The number of nitrogens with zero attached hydrogens (tertiary/aromatic N) is 4. The normalized spacial score (nSPS) is 19.1. The van der Waals surface area contributed by atoms with E-state index in [9.17, 15) is 4.79 Å². The molecule has 0 bridgehead atoms. The van der Waals surface area contributed by atoms with Gasteiger partial charge in [-0.25, -0.2) is 9.67 Å². The predicted octanol–water partition coefficient (Wildman–Crippen LogP) is 3.56. The number of benzene rings is 1. The monoisotopic (exact) mass is 396 g/mol. The van der Waals surface area contributed by atoms with Crippen molar-refractivity contribution in [3.05, 3.63) is 36.4 Å². The van der Waals surface area contributed by atoms with Gasteiger partial charge in [-0.15, -0.1) is 5.10 Å². The van der Waals surface area contributed by atoms with E-state index in [1.165, 1.54) is 7.11 Å². The third-order valence-corrected chi connectivity index (χ3v) is 5.27. The van der Waals surface area contributed by atoms with Crippen molar-refractivity contribution in [2.75, 3.05) is 7.11 Å². The molecule has 152 valence electrons. The van der Waals surface area contributed by atoms with E-state index in [0.717, 1.165) is 42.0 Å². The third kappa shape index (κ3) is 4.01. The summed E-state index contributed by atoms with van der Waals surface area (Å²) in [7, 11) is 3.26. The van der Waals surface area contributed by atoms with Crippen LogP contribution in [0.3, 0.4) is 0 Å². The molecule has 0 unspecified atom stereocenters. The van der Waals surface area contributed by atoms with E-state index in [-0.39, 0.29) is 18.0 Å². The Labute approximate surface area is 168 Å². The van der Waals surface area contributed by atoms with Gasteiger partial charge in [0.15, 0.2) is 11.7 Å². The topological polar surface area (TPSA) is 92.3 Å². The van der Waals surface area contributed by atoms with Gasteiger partial charge in [-0.2, -0.15) is 0 Å². The number of hydrogen-bond donors (Lipinski definition) is 0. The molecular formula is C21H24N4O4. The van der Waals surface area contributed by atoms with Crippen LogP contribution in [0.15, 0.2) is 34.9 Å². The number of carbonyl (C=O) groups is 1. The summed E-state index contributed by atoms with van der Waals surface area (Å²) in [4.78, 5) is 16.0. The predicted molar refractivity (Wildman–Crippen MR) is 105 cm³/mol. The van der Waals surface area contributed by atoms with Crippen LogP contribution in [0.4, 0.5) is 0 Å². The zero-order chi connectivity index (χ0) is 20.4. The van der Waals surface area contributed by atoms with Crippen LogP contribution in [-0.2, 0) is 16.6 Å². The van der Waals surface area contributed by atoms with Crippen molar-refractivity contribution in [3.63, 3.8) is 0 Å². The van der Waals surface area contributed by atoms with Crippen molar-refractivity contribution in [1.29, 1.82) is 0 Å². The van der Waals surface area contributed by atoms with E-state index in [2.05, 4.69) is 15.3 Å². The Bertz CT molecular complexity index is 993. The Morgan fingerprint density at radius 3 is 2.72 bits per heavy atom. The minimum Gasteiger partial charge on any atom is -0.490 e. The highest BCUT2D eigenvalue weighted by molar-refractivity contribution is 5.75. The average Bonchev–Trinajstić information content (AvgIpc) is 3.33. The zero-order valence-electron chi connectivity index (χ0n) is 16.8. The van der Waals surface area contributed by atoms with Crippen molar-refractivity contribution in [3.8, 4) is 28.5 Å². The highest BCUT2D eigenvalue weighted by Gasteiger charge is 2.29. The molecule has 1 aliphatic rings. The van der Waals surface area contributed by atoms with Gasteiger partial charge < -0.3 is 13.9 Å². The molecule has 4 rings (SSSR count).